The SMILES string of the molecule is CCC(NC(=O)C1COCC1N)c1ncc[nH]1. The molecule has 1 fully saturated rings. The summed E-state index contributed by atoms with van der Waals surface area (Å²) in [6, 6.07) is -0.297. The largest absolute Gasteiger partial charge is 0.379 e. The Morgan fingerprint density at radius 3 is 3.12 bits per heavy atom. The van der Waals surface area contributed by atoms with Crippen LogP contribution in [0, 0.1) is 5.92 Å². The van der Waals surface area contributed by atoms with Crippen LogP contribution in [0.1, 0.15) is 25.2 Å². The third-order valence-electron chi connectivity index (χ3n) is 3.04. The molecule has 0 aliphatic carbocycles. The Hall–Kier alpha value is -1.40. The van der Waals surface area contributed by atoms with E-state index in [-0.39, 0.29) is 23.9 Å². The molecular formula is C11H18N4O2. The number of carbonyl (C=O) groups excluding carboxylic acids is 1. The maximum absolute atomic E-state index is 12.0. The standard InChI is InChI=1S/C11H18N4O2/c1-2-9(10-13-3-4-14-10)15-11(16)7-5-17-6-8(7)12/h3-4,7-9H,2,5-6,12H2,1H3,(H,13,14)(H,15,16). The lowest BCUT2D eigenvalue weighted by Crippen LogP contribution is -2.42. The van der Waals surface area contributed by atoms with Crippen molar-refractivity contribution < 1.29 is 9.53 Å². The minimum absolute atomic E-state index is 0.0572. The topological polar surface area (TPSA) is 93.0 Å². The van der Waals surface area contributed by atoms with E-state index in [0.29, 0.717) is 13.2 Å². The lowest BCUT2D eigenvalue weighted by Gasteiger charge is -2.19. The van der Waals surface area contributed by atoms with Gasteiger partial charge in [-0.3, -0.25) is 4.79 Å². The van der Waals surface area contributed by atoms with Gasteiger partial charge in [-0.25, -0.2) is 4.98 Å². The molecule has 2 heterocycles. The molecule has 1 aromatic rings. The number of carbonyl (C=O) groups is 1. The van der Waals surface area contributed by atoms with E-state index < -0.39 is 0 Å². The highest BCUT2D eigenvalue weighted by Gasteiger charge is 2.32. The van der Waals surface area contributed by atoms with Gasteiger partial charge < -0.3 is 20.8 Å². The van der Waals surface area contributed by atoms with Gasteiger partial charge in [-0.05, 0) is 6.42 Å². The maximum Gasteiger partial charge on any atom is 0.227 e. The summed E-state index contributed by atoms with van der Waals surface area (Å²) in [5, 5.41) is 2.95. The predicted octanol–water partition coefficient (Wildman–Crippen LogP) is -0.0493. The van der Waals surface area contributed by atoms with E-state index in [2.05, 4.69) is 15.3 Å². The zero-order chi connectivity index (χ0) is 12.3. The molecule has 94 valence electrons. The molecule has 1 aromatic heterocycles. The van der Waals surface area contributed by atoms with Crippen LogP contribution in [0.5, 0.6) is 0 Å². The fourth-order valence-corrected chi connectivity index (χ4v) is 1.95. The Labute approximate surface area is 99.9 Å². The van der Waals surface area contributed by atoms with Crippen LogP contribution in [-0.4, -0.2) is 35.1 Å². The number of hydrogen-bond donors (Lipinski definition) is 3. The first-order chi connectivity index (χ1) is 8.22. The smallest absolute Gasteiger partial charge is 0.227 e. The van der Waals surface area contributed by atoms with Gasteiger partial charge in [0.1, 0.15) is 5.82 Å². The molecule has 1 amide bonds. The predicted molar refractivity (Wildman–Crippen MR) is 62.0 cm³/mol. The van der Waals surface area contributed by atoms with Crippen LogP contribution in [0.2, 0.25) is 0 Å². The summed E-state index contributed by atoms with van der Waals surface area (Å²) in [4.78, 5) is 19.2. The van der Waals surface area contributed by atoms with Gasteiger partial charge in [-0.15, -0.1) is 0 Å². The van der Waals surface area contributed by atoms with E-state index in [0.717, 1.165) is 12.2 Å². The van der Waals surface area contributed by atoms with E-state index in [1.54, 1.807) is 12.4 Å². The lowest BCUT2D eigenvalue weighted by atomic mass is 10.0. The second-order valence-corrected chi connectivity index (χ2v) is 4.25. The van der Waals surface area contributed by atoms with Crippen molar-refractivity contribution in [2.45, 2.75) is 25.4 Å². The second kappa shape index (κ2) is 5.29. The number of aromatic nitrogens is 2. The van der Waals surface area contributed by atoms with Gasteiger partial charge in [0.2, 0.25) is 5.91 Å². The van der Waals surface area contributed by atoms with Crippen molar-refractivity contribution in [1.82, 2.24) is 15.3 Å². The second-order valence-electron chi connectivity index (χ2n) is 4.25. The molecule has 0 radical (unpaired) electrons. The number of H-pyrrole nitrogens is 1. The van der Waals surface area contributed by atoms with E-state index in [4.69, 9.17) is 10.5 Å². The summed E-state index contributed by atoms with van der Waals surface area (Å²) in [5.74, 6) is 0.464. The van der Waals surface area contributed by atoms with Crippen LogP contribution in [0.4, 0.5) is 0 Å². The number of nitrogens with zero attached hydrogens (tertiary/aromatic N) is 1. The quantitative estimate of drug-likeness (QED) is 0.685. The Morgan fingerprint density at radius 2 is 2.59 bits per heavy atom. The number of ether oxygens (including phenoxy) is 1. The van der Waals surface area contributed by atoms with Gasteiger partial charge in [0.25, 0.3) is 0 Å². The summed E-state index contributed by atoms with van der Waals surface area (Å²) < 4.78 is 5.19. The average molecular weight is 238 g/mol. The maximum atomic E-state index is 12.0. The summed E-state index contributed by atoms with van der Waals surface area (Å²) in [7, 11) is 0. The number of hydrogen-bond acceptors (Lipinski definition) is 4. The summed E-state index contributed by atoms with van der Waals surface area (Å²) in [6.07, 6.45) is 4.20. The van der Waals surface area contributed by atoms with Gasteiger partial charge in [0, 0.05) is 18.4 Å². The van der Waals surface area contributed by atoms with Gasteiger partial charge in [-0.2, -0.15) is 0 Å². The van der Waals surface area contributed by atoms with Gasteiger partial charge in [0.05, 0.1) is 25.2 Å². The molecule has 6 nitrogen and oxygen atoms in total. The first kappa shape index (κ1) is 12.1. The van der Waals surface area contributed by atoms with E-state index in [9.17, 15) is 4.79 Å². The molecule has 0 bridgehead atoms. The van der Waals surface area contributed by atoms with E-state index in [1.165, 1.54) is 0 Å². The van der Waals surface area contributed by atoms with Gasteiger partial charge >= 0.3 is 0 Å². The zero-order valence-corrected chi connectivity index (χ0v) is 9.85. The van der Waals surface area contributed by atoms with Gasteiger partial charge in [0.15, 0.2) is 0 Å². The molecule has 2 rings (SSSR count). The van der Waals surface area contributed by atoms with Crippen molar-refractivity contribution in [1.29, 1.82) is 0 Å². The van der Waals surface area contributed by atoms with Crippen LogP contribution in [0.3, 0.4) is 0 Å². The summed E-state index contributed by atoms with van der Waals surface area (Å²) in [5.41, 5.74) is 5.81. The van der Waals surface area contributed by atoms with Gasteiger partial charge in [-0.1, -0.05) is 6.92 Å². The number of nitrogens with two attached hydrogens (primary N) is 1. The molecule has 17 heavy (non-hydrogen) atoms. The minimum Gasteiger partial charge on any atom is -0.379 e. The first-order valence-electron chi connectivity index (χ1n) is 5.85. The fraction of sp³-hybridized carbons (Fsp3) is 0.636. The lowest BCUT2D eigenvalue weighted by molar-refractivity contribution is -0.126. The molecule has 1 aliphatic heterocycles. The third kappa shape index (κ3) is 2.65. The molecule has 0 spiro atoms. The number of nitrogens with one attached hydrogen (secondary N) is 2. The van der Waals surface area contributed by atoms with Crippen molar-refractivity contribution in [3.05, 3.63) is 18.2 Å². The monoisotopic (exact) mass is 238 g/mol. The van der Waals surface area contributed by atoms with Crippen molar-refractivity contribution >= 4 is 5.91 Å². The Balaban J connectivity index is 1.97. The number of amides is 1. The molecule has 3 unspecified atom stereocenters. The van der Waals surface area contributed by atoms with Crippen molar-refractivity contribution in [2.75, 3.05) is 13.2 Å². The normalized spacial score (nSPS) is 25.8. The van der Waals surface area contributed by atoms with Crippen molar-refractivity contribution in [2.24, 2.45) is 11.7 Å². The molecule has 1 saturated heterocycles. The van der Waals surface area contributed by atoms with Crippen LogP contribution >= 0.6 is 0 Å². The molecule has 3 atom stereocenters. The number of aromatic amines is 1. The van der Waals surface area contributed by atoms with Crippen LogP contribution in [0.25, 0.3) is 0 Å². The molecule has 1 aliphatic rings. The molecule has 6 heteroatoms. The Morgan fingerprint density at radius 1 is 1.76 bits per heavy atom. The van der Waals surface area contributed by atoms with Crippen LogP contribution < -0.4 is 11.1 Å². The molecule has 4 N–H and O–H groups in total. The Kier molecular flexibility index (Phi) is 3.75. The average Bonchev–Trinajstić information content (AvgIpc) is 2.96. The zero-order valence-electron chi connectivity index (χ0n) is 9.85. The van der Waals surface area contributed by atoms with Crippen LogP contribution in [-0.2, 0) is 9.53 Å². The highest BCUT2D eigenvalue weighted by Crippen LogP contribution is 2.16. The Bertz CT molecular complexity index is 366. The molecular weight excluding hydrogens is 220 g/mol. The fourth-order valence-electron chi connectivity index (χ4n) is 1.95. The van der Waals surface area contributed by atoms with E-state index in [1.807, 2.05) is 6.92 Å². The molecule has 0 aromatic carbocycles. The first-order valence-corrected chi connectivity index (χ1v) is 5.85. The van der Waals surface area contributed by atoms with Crippen molar-refractivity contribution in [3.63, 3.8) is 0 Å². The minimum atomic E-state index is -0.251. The van der Waals surface area contributed by atoms with Crippen molar-refractivity contribution in [3.8, 4) is 0 Å². The number of imidazole rings is 1. The molecule has 0 saturated carbocycles. The van der Waals surface area contributed by atoms with E-state index >= 15 is 0 Å². The highest BCUT2D eigenvalue weighted by atomic mass is 16.5. The summed E-state index contributed by atoms with van der Waals surface area (Å²) in [6.45, 7) is 2.86. The summed E-state index contributed by atoms with van der Waals surface area (Å²) >= 11 is 0. The number of rotatable bonds is 4. The third-order valence-corrected chi connectivity index (χ3v) is 3.04. The highest BCUT2D eigenvalue weighted by molar-refractivity contribution is 5.80. The van der Waals surface area contributed by atoms with Crippen LogP contribution in [0.15, 0.2) is 12.4 Å².